The molecule has 11 heteroatoms. The summed E-state index contributed by atoms with van der Waals surface area (Å²) in [7, 11) is -4.15. The van der Waals surface area contributed by atoms with E-state index < -0.39 is 26.7 Å². The molecular weight excluding hydrogens is 421 g/mol. The molecule has 1 saturated heterocycles. The number of likely N-dealkylation sites (N-methyl/N-ethyl adjacent to an activating group) is 1. The molecule has 0 unspecified atom stereocenters. The Morgan fingerprint density at radius 3 is 2.55 bits per heavy atom. The predicted molar refractivity (Wildman–Crippen MR) is 107 cm³/mol. The van der Waals surface area contributed by atoms with Crippen molar-refractivity contribution in [1.82, 2.24) is 4.90 Å². The third kappa shape index (κ3) is 4.51. The Balaban J connectivity index is 1.97. The number of amidine groups is 1. The van der Waals surface area contributed by atoms with Crippen LogP contribution in [0.2, 0.25) is 0 Å². The van der Waals surface area contributed by atoms with E-state index in [1.165, 1.54) is 29.2 Å². The summed E-state index contributed by atoms with van der Waals surface area (Å²) < 4.78 is 41.8. The quantitative estimate of drug-likeness (QED) is 0.404. The van der Waals surface area contributed by atoms with Crippen molar-refractivity contribution in [3.8, 4) is 0 Å². The zero-order valence-electron chi connectivity index (χ0n) is 15.0. The van der Waals surface area contributed by atoms with Gasteiger partial charge in [-0.15, -0.1) is 4.40 Å². The molecule has 2 aromatic rings. The number of carbonyl (C=O) groups is 1. The summed E-state index contributed by atoms with van der Waals surface area (Å²) in [6.07, 6.45) is 1.44. The van der Waals surface area contributed by atoms with E-state index in [9.17, 15) is 27.7 Å². The standard InChI is InChI=1S/C18H14FN3O5S2/c1-2-21-17(23)16(11-12-4-3-5-14(10-12)22(24)25)28-18(21)20-29(26,27)15-8-6-13(19)7-9-15/h3-11H,2H2,1H3. The second kappa shape index (κ2) is 8.13. The molecule has 0 radical (unpaired) electrons. The van der Waals surface area contributed by atoms with Gasteiger partial charge in [0, 0.05) is 18.7 Å². The molecule has 29 heavy (non-hydrogen) atoms. The maximum absolute atomic E-state index is 13.0. The van der Waals surface area contributed by atoms with E-state index in [1.807, 2.05) is 0 Å². The topological polar surface area (TPSA) is 110 Å². The Morgan fingerprint density at radius 2 is 1.93 bits per heavy atom. The van der Waals surface area contributed by atoms with Crippen molar-refractivity contribution in [2.75, 3.05) is 6.54 Å². The summed E-state index contributed by atoms with van der Waals surface area (Å²) in [6.45, 7) is 1.84. The Labute approximate surface area is 170 Å². The van der Waals surface area contributed by atoms with Gasteiger partial charge in [0.2, 0.25) is 0 Å². The molecule has 0 saturated carbocycles. The molecule has 3 rings (SSSR count). The lowest BCUT2D eigenvalue weighted by Gasteiger charge is -2.11. The molecular formula is C18H14FN3O5S2. The normalized spacial score (nSPS) is 17.3. The van der Waals surface area contributed by atoms with Crippen LogP contribution in [0.1, 0.15) is 12.5 Å². The Hall–Kier alpha value is -3.05. The van der Waals surface area contributed by atoms with Gasteiger partial charge in [-0.2, -0.15) is 8.42 Å². The lowest BCUT2D eigenvalue weighted by Crippen LogP contribution is -2.29. The first-order valence-corrected chi connectivity index (χ1v) is 10.5. The van der Waals surface area contributed by atoms with Gasteiger partial charge in [0.15, 0.2) is 5.17 Å². The third-order valence-corrected chi connectivity index (χ3v) is 6.30. The molecule has 0 aliphatic carbocycles. The lowest BCUT2D eigenvalue weighted by molar-refractivity contribution is -0.384. The highest BCUT2D eigenvalue weighted by Gasteiger charge is 2.34. The molecule has 1 aliphatic rings. The van der Waals surface area contributed by atoms with Crippen molar-refractivity contribution in [3.05, 3.63) is 74.9 Å². The van der Waals surface area contributed by atoms with Crippen LogP contribution in [0.5, 0.6) is 0 Å². The maximum atomic E-state index is 13.0. The molecule has 0 bridgehead atoms. The monoisotopic (exact) mass is 435 g/mol. The minimum absolute atomic E-state index is 0.0431. The van der Waals surface area contributed by atoms with Crippen molar-refractivity contribution in [2.24, 2.45) is 4.40 Å². The summed E-state index contributed by atoms with van der Waals surface area (Å²) in [5.41, 5.74) is 0.295. The number of amides is 1. The van der Waals surface area contributed by atoms with Crippen molar-refractivity contribution in [3.63, 3.8) is 0 Å². The van der Waals surface area contributed by atoms with Crippen molar-refractivity contribution >= 4 is 44.6 Å². The number of rotatable bonds is 5. The Bertz CT molecular complexity index is 1140. The van der Waals surface area contributed by atoms with E-state index in [-0.39, 0.29) is 27.2 Å². The zero-order chi connectivity index (χ0) is 21.2. The van der Waals surface area contributed by atoms with Gasteiger partial charge in [0.05, 0.1) is 14.7 Å². The highest BCUT2D eigenvalue weighted by molar-refractivity contribution is 8.19. The lowest BCUT2D eigenvalue weighted by atomic mass is 10.2. The van der Waals surface area contributed by atoms with Crippen LogP contribution in [-0.4, -0.2) is 35.9 Å². The number of thioether (sulfide) groups is 1. The zero-order valence-corrected chi connectivity index (χ0v) is 16.6. The van der Waals surface area contributed by atoms with Crippen LogP contribution in [0.15, 0.2) is 62.7 Å². The average Bonchev–Trinajstić information content (AvgIpc) is 2.95. The number of nitro benzene ring substituents is 1. The van der Waals surface area contributed by atoms with Gasteiger partial charge in [-0.25, -0.2) is 4.39 Å². The Morgan fingerprint density at radius 1 is 1.24 bits per heavy atom. The minimum Gasteiger partial charge on any atom is -0.286 e. The van der Waals surface area contributed by atoms with Crippen molar-refractivity contribution < 1.29 is 22.5 Å². The van der Waals surface area contributed by atoms with E-state index in [2.05, 4.69) is 4.40 Å². The predicted octanol–water partition coefficient (Wildman–Crippen LogP) is 3.42. The molecule has 1 heterocycles. The summed E-state index contributed by atoms with van der Waals surface area (Å²) in [5.74, 6) is -1.04. The first-order valence-electron chi connectivity index (χ1n) is 8.27. The molecule has 2 aromatic carbocycles. The molecule has 150 valence electrons. The number of hydrogen-bond donors (Lipinski definition) is 0. The molecule has 1 aliphatic heterocycles. The van der Waals surface area contributed by atoms with Gasteiger partial charge in [0.1, 0.15) is 5.82 Å². The van der Waals surface area contributed by atoms with Gasteiger partial charge < -0.3 is 0 Å². The van der Waals surface area contributed by atoms with Crippen LogP contribution in [0.4, 0.5) is 10.1 Å². The summed E-state index contributed by atoms with van der Waals surface area (Å²) in [6, 6.07) is 9.90. The number of benzene rings is 2. The fourth-order valence-corrected chi connectivity index (χ4v) is 4.74. The number of sulfonamides is 1. The highest BCUT2D eigenvalue weighted by Crippen LogP contribution is 2.34. The van der Waals surface area contributed by atoms with E-state index in [4.69, 9.17) is 0 Å². The summed E-state index contributed by atoms with van der Waals surface area (Å²) in [4.78, 5) is 24.1. The van der Waals surface area contributed by atoms with E-state index in [0.29, 0.717) is 5.56 Å². The van der Waals surface area contributed by atoms with Gasteiger partial charge in [0.25, 0.3) is 21.6 Å². The average molecular weight is 435 g/mol. The van der Waals surface area contributed by atoms with Crippen LogP contribution in [0, 0.1) is 15.9 Å². The SMILES string of the molecule is CCN1C(=O)C(=Cc2cccc([N+](=O)[O-])c2)SC1=NS(=O)(=O)c1ccc(F)cc1. The first-order chi connectivity index (χ1) is 13.7. The number of hydrogen-bond acceptors (Lipinski definition) is 6. The number of carbonyl (C=O) groups excluding carboxylic acids is 1. The fourth-order valence-electron chi connectivity index (χ4n) is 2.50. The number of nitro groups is 1. The Kier molecular flexibility index (Phi) is 5.80. The van der Waals surface area contributed by atoms with Crippen LogP contribution >= 0.6 is 11.8 Å². The van der Waals surface area contributed by atoms with E-state index in [0.717, 1.165) is 36.0 Å². The molecule has 0 aromatic heterocycles. The van der Waals surface area contributed by atoms with Gasteiger partial charge in [-0.1, -0.05) is 12.1 Å². The number of halogens is 1. The van der Waals surface area contributed by atoms with Crippen LogP contribution in [0.25, 0.3) is 6.08 Å². The van der Waals surface area contributed by atoms with Gasteiger partial charge >= 0.3 is 0 Å². The van der Waals surface area contributed by atoms with Crippen LogP contribution < -0.4 is 0 Å². The highest BCUT2D eigenvalue weighted by atomic mass is 32.2. The first kappa shape index (κ1) is 20.7. The molecule has 8 nitrogen and oxygen atoms in total. The second-order valence-electron chi connectivity index (χ2n) is 5.82. The molecule has 1 fully saturated rings. The van der Waals surface area contributed by atoms with Crippen molar-refractivity contribution in [1.29, 1.82) is 0 Å². The number of non-ortho nitro benzene ring substituents is 1. The minimum atomic E-state index is -4.15. The fraction of sp³-hybridized carbons (Fsp3) is 0.111. The van der Waals surface area contributed by atoms with E-state index >= 15 is 0 Å². The van der Waals surface area contributed by atoms with Gasteiger partial charge in [-0.3, -0.25) is 19.8 Å². The van der Waals surface area contributed by atoms with Gasteiger partial charge in [-0.05, 0) is 54.6 Å². The van der Waals surface area contributed by atoms with Crippen LogP contribution in [-0.2, 0) is 14.8 Å². The second-order valence-corrected chi connectivity index (χ2v) is 8.43. The van der Waals surface area contributed by atoms with Crippen LogP contribution in [0.3, 0.4) is 0 Å². The summed E-state index contributed by atoms with van der Waals surface area (Å²) >= 11 is 0.850. The summed E-state index contributed by atoms with van der Waals surface area (Å²) in [5, 5.41) is 10.9. The molecule has 0 N–H and O–H groups in total. The van der Waals surface area contributed by atoms with Crippen molar-refractivity contribution in [2.45, 2.75) is 11.8 Å². The third-order valence-electron chi connectivity index (χ3n) is 3.89. The maximum Gasteiger partial charge on any atom is 0.284 e. The molecule has 0 atom stereocenters. The number of nitrogens with zero attached hydrogens (tertiary/aromatic N) is 3. The smallest absolute Gasteiger partial charge is 0.284 e. The largest absolute Gasteiger partial charge is 0.286 e. The molecule has 0 spiro atoms. The van der Waals surface area contributed by atoms with E-state index in [1.54, 1.807) is 13.0 Å². The molecule has 1 amide bonds.